The maximum atomic E-state index is 12.3. The standard InChI is InChI=1S/C22H35N3O5S/c1-15-12-18(25-13-16(2)30-17(3)14-25)10-11-19(15)23-20(26)8-7-9-21(27)24-31(28,29)22(4,5)6/h10-12,16-17H,7-9,13-14H2,1-6H3,(H,23,26)(H,24,27)/t16-,17?/m0/s1. The molecule has 0 aliphatic carbocycles. The van der Waals surface area contributed by atoms with Crippen molar-refractivity contribution in [1.82, 2.24) is 4.72 Å². The number of anilines is 2. The van der Waals surface area contributed by atoms with Crippen LogP contribution in [-0.2, 0) is 24.3 Å². The molecule has 174 valence electrons. The third-order valence-electron chi connectivity index (χ3n) is 5.13. The molecule has 0 spiro atoms. The number of amides is 2. The van der Waals surface area contributed by atoms with E-state index in [1.54, 1.807) is 0 Å². The Balaban J connectivity index is 1.85. The van der Waals surface area contributed by atoms with E-state index in [9.17, 15) is 18.0 Å². The Hall–Kier alpha value is -2.13. The van der Waals surface area contributed by atoms with Gasteiger partial charge in [-0.05, 0) is 71.7 Å². The van der Waals surface area contributed by atoms with Crippen LogP contribution in [0.2, 0.25) is 0 Å². The van der Waals surface area contributed by atoms with Crippen LogP contribution in [0.3, 0.4) is 0 Å². The number of carbonyl (C=O) groups excluding carboxylic acids is 2. The van der Waals surface area contributed by atoms with Crippen molar-refractivity contribution in [2.45, 2.75) is 77.8 Å². The predicted molar refractivity (Wildman–Crippen MR) is 123 cm³/mol. The molecule has 2 atom stereocenters. The maximum absolute atomic E-state index is 12.3. The van der Waals surface area contributed by atoms with E-state index in [1.165, 1.54) is 20.8 Å². The molecule has 1 aromatic rings. The van der Waals surface area contributed by atoms with E-state index in [2.05, 4.69) is 28.8 Å². The molecule has 2 N–H and O–H groups in total. The summed E-state index contributed by atoms with van der Waals surface area (Å²) < 4.78 is 30.8. The smallest absolute Gasteiger partial charge is 0.239 e. The zero-order chi connectivity index (χ0) is 23.4. The molecule has 1 fully saturated rings. The highest BCUT2D eigenvalue weighted by molar-refractivity contribution is 7.91. The number of carbonyl (C=O) groups is 2. The van der Waals surface area contributed by atoms with Crippen LogP contribution in [0.25, 0.3) is 0 Å². The van der Waals surface area contributed by atoms with E-state index in [1.807, 2.05) is 25.1 Å². The Bertz CT molecular complexity index is 898. The number of nitrogens with zero attached hydrogens (tertiary/aromatic N) is 1. The van der Waals surface area contributed by atoms with Crippen LogP contribution in [0, 0.1) is 6.92 Å². The molecule has 1 aromatic carbocycles. The number of benzene rings is 1. The van der Waals surface area contributed by atoms with E-state index in [-0.39, 0.29) is 37.4 Å². The molecule has 0 bridgehead atoms. The van der Waals surface area contributed by atoms with Gasteiger partial charge in [-0.2, -0.15) is 0 Å². The Morgan fingerprint density at radius 3 is 2.23 bits per heavy atom. The molecule has 0 radical (unpaired) electrons. The largest absolute Gasteiger partial charge is 0.372 e. The third-order valence-corrected chi connectivity index (χ3v) is 7.24. The molecule has 9 heteroatoms. The summed E-state index contributed by atoms with van der Waals surface area (Å²) in [5.74, 6) is -0.812. The first-order valence-corrected chi connectivity index (χ1v) is 12.1. The monoisotopic (exact) mass is 453 g/mol. The first-order valence-electron chi connectivity index (χ1n) is 10.6. The van der Waals surface area contributed by atoms with Gasteiger partial charge in [0.25, 0.3) is 0 Å². The topological polar surface area (TPSA) is 105 Å². The highest BCUT2D eigenvalue weighted by Gasteiger charge is 2.30. The van der Waals surface area contributed by atoms with E-state index >= 15 is 0 Å². The summed E-state index contributed by atoms with van der Waals surface area (Å²) >= 11 is 0. The van der Waals surface area contributed by atoms with Gasteiger partial charge in [0.1, 0.15) is 0 Å². The van der Waals surface area contributed by atoms with E-state index in [0.717, 1.165) is 30.0 Å². The zero-order valence-electron chi connectivity index (χ0n) is 19.3. The van der Waals surface area contributed by atoms with Crippen molar-refractivity contribution in [3.63, 3.8) is 0 Å². The molecule has 1 aliphatic heterocycles. The van der Waals surface area contributed by atoms with E-state index in [0.29, 0.717) is 0 Å². The number of hydrogen-bond donors (Lipinski definition) is 2. The fraction of sp³-hybridized carbons (Fsp3) is 0.636. The lowest BCUT2D eigenvalue weighted by Gasteiger charge is -2.37. The van der Waals surface area contributed by atoms with Crippen LogP contribution >= 0.6 is 0 Å². The number of ether oxygens (including phenoxy) is 1. The molecule has 2 amide bonds. The summed E-state index contributed by atoms with van der Waals surface area (Å²) in [5.41, 5.74) is 2.77. The second kappa shape index (κ2) is 9.99. The summed E-state index contributed by atoms with van der Waals surface area (Å²) in [6, 6.07) is 5.92. The number of nitrogens with one attached hydrogen (secondary N) is 2. The van der Waals surface area contributed by atoms with Gasteiger partial charge in [0.2, 0.25) is 21.8 Å². The molecule has 0 saturated carbocycles. The minimum Gasteiger partial charge on any atom is -0.372 e. The highest BCUT2D eigenvalue weighted by Crippen LogP contribution is 2.25. The van der Waals surface area contributed by atoms with Gasteiger partial charge in [-0.25, -0.2) is 8.42 Å². The molecule has 1 unspecified atom stereocenters. The van der Waals surface area contributed by atoms with Crippen molar-refractivity contribution >= 4 is 33.2 Å². The van der Waals surface area contributed by atoms with Gasteiger partial charge in [0.15, 0.2) is 0 Å². The Kier molecular flexibility index (Phi) is 8.10. The minimum absolute atomic E-state index is 0.0337. The van der Waals surface area contributed by atoms with E-state index < -0.39 is 20.7 Å². The van der Waals surface area contributed by atoms with Crippen LogP contribution in [0.5, 0.6) is 0 Å². The Morgan fingerprint density at radius 2 is 1.68 bits per heavy atom. The van der Waals surface area contributed by atoms with Gasteiger partial charge in [-0.15, -0.1) is 0 Å². The number of morpholine rings is 1. The Labute approximate surface area is 185 Å². The number of hydrogen-bond acceptors (Lipinski definition) is 6. The number of sulfonamides is 1. The fourth-order valence-corrected chi connectivity index (χ4v) is 4.06. The maximum Gasteiger partial charge on any atom is 0.239 e. The van der Waals surface area contributed by atoms with Crippen molar-refractivity contribution < 1.29 is 22.7 Å². The van der Waals surface area contributed by atoms with Gasteiger partial charge < -0.3 is 15.0 Å². The van der Waals surface area contributed by atoms with Gasteiger partial charge >= 0.3 is 0 Å². The molecule has 1 heterocycles. The second-order valence-corrected chi connectivity index (χ2v) is 11.6. The average molecular weight is 454 g/mol. The van der Waals surface area contributed by atoms with Gasteiger partial charge in [-0.3, -0.25) is 14.3 Å². The lowest BCUT2D eigenvalue weighted by molar-refractivity contribution is -0.119. The zero-order valence-corrected chi connectivity index (χ0v) is 20.1. The van der Waals surface area contributed by atoms with Crippen molar-refractivity contribution in [2.75, 3.05) is 23.3 Å². The van der Waals surface area contributed by atoms with Crippen molar-refractivity contribution in [1.29, 1.82) is 0 Å². The lowest BCUT2D eigenvalue weighted by Crippen LogP contribution is -2.45. The first-order chi connectivity index (χ1) is 14.3. The molecule has 2 rings (SSSR count). The molecule has 1 aliphatic rings. The quantitative estimate of drug-likeness (QED) is 0.658. The molecule has 0 aromatic heterocycles. The average Bonchev–Trinajstić information content (AvgIpc) is 2.61. The van der Waals surface area contributed by atoms with Gasteiger partial charge in [-0.1, -0.05) is 0 Å². The molecular weight excluding hydrogens is 418 g/mol. The first kappa shape index (κ1) is 25.1. The van der Waals surface area contributed by atoms with Crippen molar-refractivity contribution in [2.24, 2.45) is 0 Å². The lowest BCUT2D eigenvalue weighted by atomic mass is 10.1. The van der Waals surface area contributed by atoms with Crippen LogP contribution in [0.1, 0.15) is 59.4 Å². The molecule has 31 heavy (non-hydrogen) atoms. The summed E-state index contributed by atoms with van der Waals surface area (Å²) in [6.07, 6.45) is 0.687. The molecular formula is C22H35N3O5S. The summed E-state index contributed by atoms with van der Waals surface area (Å²) in [4.78, 5) is 26.5. The van der Waals surface area contributed by atoms with Crippen LogP contribution < -0.4 is 14.9 Å². The normalized spacial score (nSPS) is 19.7. The molecule has 8 nitrogen and oxygen atoms in total. The predicted octanol–water partition coefficient (Wildman–Crippen LogP) is 2.96. The van der Waals surface area contributed by atoms with Crippen LogP contribution in [-0.4, -0.2) is 50.3 Å². The van der Waals surface area contributed by atoms with Crippen molar-refractivity contribution in [3.8, 4) is 0 Å². The van der Waals surface area contributed by atoms with Crippen molar-refractivity contribution in [3.05, 3.63) is 23.8 Å². The summed E-state index contributed by atoms with van der Waals surface area (Å²) in [5, 5.41) is 2.87. The second-order valence-electron chi connectivity index (χ2n) is 9.20. The SMILES string of the molecule is Cc1cc(N2CC(C)O[C@@H](C)C2)ccc1NC(=O)CCCC(=O)NS(=O)(=O)C(C)(C)C. The number of rotatable bonds is 7. The van der Waals surface area contributed by atoms with E-state index in [4.69, 9.17) is 4.74 Å². The van der Waals surface area contributed by atoms with Gasteiger partial charge in [0.05, 0.1) is 17.0 Å². The van der Waals surface area contributed by atoms with Crippen LogP contribution in [0.4, 0.5) is 11.4 Å². The van der Waals surface area contributed by atoms with Crippen LogP contribution in [0.15, 0.2) is 18.2 Å². The number of aryl methyl sites for hydroxylation is 1. The minimum atomic E-state index is -3.73. The van der Waals surface area contributed by atoms with Gasteiger partial charge in [0, 0.05) is 37.3 Å². The Morgan fingerprint density at radius 1 is 1.10 bits per heavy atom. The summed E-state index contributed by atoms with van der Waals surface area (Å²) in [7, 11) is -3.73. The summed E-state index contributed by atoms with van der Waals surface area (Å²) in [6.45, 7) is 12.3. The molecule has 1 saturated heterocycles. The fourth-order valence-electron chi connectivity index (χ4n) is 3.35. The third kappa shape index (κ3) is 7.21. The highest BCUT2D eigenvalue weighted by atomic mass is 32.2.